The van der Waals surface area contributed by atoms with Gasteiger partial charge in [-0.05, 0) is 12.2 Å². The Labute approximate surface area is 51.4 Å². The first-order valence-electron chi connectivity index (χ1n) is 2.03. The number of hydrogen-bond acceptors (Lipinski definition) is 0. The summed E-state index contributed by atoms with van der Waals surface area (Å²) in [5.41, 5.74) is 0.0309. The Morgan fingerprint density at radius 2 is 1.43 bits per heavy atom. The summed E-state index contributed by atoms with van der Waals surface area (Å²) in [6.45, 7) is 0. The molecule has 0 saturated carbocycles. The van der Waals surface area contributed by atoms with Crippen LogP contribution in [0, 0.1) is 5.41 Å². The van der Waals surface area contributed by atoms with Crippen molar-refractivity contribution in [1.29, 1.82) is 0 Å². The molecule has 2 aliphatic carbocycles. The van der Waals surface area contributed by atoms with Crippen molar-refractivity contribution in [2.75, 3.05) is 0 Å². The molecule has 2 heteroatoms. The first-order chi connectivity index (χ1) is 3.26. The van der Waals surface area contributed by atoms with E-state index in [0.717, 1.165) is 10.1 Å². The molecule has 0 aliphatic heterocycles. The lowest BCUT2D eigenvalue weighted by atomic mass is 10.3. The van der Waals surface area contributed by atoms with Gasteiger partial charge in [0.15, 0.2) is 0 Å². The van der Waals surface area contributed by atoms with Crippen molar-refractivity contribution >= 4 is 23.2 Å². The van der Waals surface area contributed by atoms with Crippen LogP contribution in [-0.4, -0.2) is 0 Å². The molecule has 0 radical (unpaired) electrons. The highest BCUT2D eigenvalue weighted by atomic mass is 35.5. The lowest BCUT2D eigenvalue weighted by Gasteiger charge is -1.80. The van der Waals surface area contributed by atoms with Crippen LogP contribution in [0.1, 0.15) is 0 Å². The molecular weight excluding hydrogens is 131 g/mol. The molecule has 0 nitrogen and oxygen atoms in total. The van der Waals surface area contributed by atoms with Crippen molar-refractivity contribution in [3.63, 3.8) is 0 Å². The topological polar surface area (TPSA) is 0 Å². The Morgan fingerprint density at radius 3 is 1.43 bits per heavy atom. The van der Waals surface area contributed by atoms with Crippen LogP contribution in [-0.2, 0) is 0 Å². The van der Waals surface area contributed by atoms with Crippen LogP contribution < -0.4 is 0 Å². The fourth-order valence-electron chi connectivity index (χ4n) is 0.621. The van der Waals surface area contributed by atoms with Gasteiger partial charge in [-0.1, -0.05) is 23.2 Å². The molecule has 0 aromatic carbocycles. The zero-order valence-electron chi connectivity index (χ0n) is 3.41. The first kappa shape index (κ1) is 3.99. The molecule has 0 unspecified atom stereocenters. The predicted molar refractivity (Wildman–Crippen MR) is 30.3 cm³/mol. The average Bonchev–Trinajstić information content (AvgIpc) is 2.28. The molecule has 0 amide bonds. The average molecular weight is 133 g/mol. The molecule has 0 aromatic rings. The fraction of sp³-hybridized carbons (Fsp3) is 0.200. The van der Waals surface area contributed by atoms with Crippen LogP contribution in [0.15, 0.2) is 22.2 Å². The van der Waals surface area contributed by atoms with Gasteiger partial charge < -0.3 is 0 Å². The summed E-state index contributed by atoms with van der Waals surface area (Å²) in [6.07, 6.45) is 3.88. The van der Waals surface area contributed by atoms with E-state index in [9.17, 15) is 0 Å². The Morgan fingerprint density at radius 1 is 1.14 bits per heavy atom. The highest BCUT2D eigenvalue weighted by Gasteiger charge is 2.54. The quantitative estimate of drug-likeness (QED) is 0.475. The van der Waals surface area contributed by atoms with E-state index in [4.69, 9.17) is 23.2 Å². The van der Waals surface area contributed by atoms with E-state index in [1.807, 2.05) is 12.2 Å². The van der Waals surface area contributed by atoms with Crippen molar-refractivity contribution in [3.05, 3.63) is 22.2 Å². The lowest BCUT2D eigenvalue weighted by Crippen LogP contribution is -1.72. The van der Waals surface area contributed by atoms with Crippen LogP contribution in [0.5, 0.6) is 0 Å². The van der Waals surface area contributed by atoms with Crippen molar-refractivity contribution < 1.29 is 0 Å². The van der Waals surface area contributed by atoms with Crippen LogP contribution in [0.2, 0.25) is 0 Å². The van der Waals surface area contributed by atoms with Gasteiger partial charge in [0.1, 0.15) is 0 Å². The second-order valence-electron chi connectivity index (χ2n) is 1.85. The first-order valence-corrected chi connectivity index (χ1v) is 2.79. The largest absolute Gasteiger partial charge is 0.0877 e. The highest BCUT2D eigenvalue weighted by Crippen LogP contribution is 2.65. The van der Waals surface area contributed by atoms with Crippen molar-refractivity contribution in [1.82, 2.24) is 0 Å². The van der Waals surface area contributed by atoms with E-state index in [2.05, 4.69) is 0 Å². The Kier molecular flexibility index (Phi) is 0.447. The summed E-state index contributed by atoms with van der Waals surface area (Å²) < 4.78 is 0. The lowest BCUT2D eigenvalue weighted by molar-refractivity contribution is 1.10. The zero-order valence-corrected chi connectivity index (χ0v) is 4.92. The third kappa shape index (κ3) is 0.306. The predicted octanol–water partition coefficient (Wildman–Crippen LogP) is 2.25. The minimum absolute atomic E-state index is 0.0309. The van der Waals surface area contributed by atoms with Gasteiger partial charge in [0.25, 0.3) is 0 Å². The van der Waals surface area contributed by atoms with Crippen LogP contribution in [0.3, 0.4) is 0 Å². The molecule has 0 N–H and O–H groups in total. The van der Waals surface area contributed by atoms with E-state index < -0.39 is 0 Å². The normalized spacial score (nSPS) is 29.4. The summed E-state index contributed by atoms with van der Waals surface area (Å²) in [7, 11) is 0. The van der Waals surface area contributed by atoms with Crippen molar-refractivity contribution in [3.8, 4) is 0 Å². The molecule has 36 valence electrons. The van der Waals surface area contributed by atoms with Crippen LogP contribution in [0.25, 0.3) is 0 Å². The van der Waals surface area contributed by atoms with Gasteiger partial charge in [-0.15, -0.1) is 0 Å². The van der Waals surface area contributed by atoms with Crippen molar-refractivity contribution in [2.45, 2.75) is 0 Å². The third-order valence-corrected chi connectivity index (χ3v) is 2.18. The van der Waals surface area contributed by atoms with Gasteiger partial charge in [-0.25, -0.2) is 0 Å². The minimum Gasteiger partial charge on any atom is -0.0877 e. The molecule has 7 heavy (non-hydrogen) atoms. The highest BCUT2D eigenvalue weighted by molar-refractivity contribution is 6.42. The van der Waals surface area contributed by atoms with E-state index in [0.29, 0.717) is 0 Å². The Hall–Kier alpha value is 0.0600. The Balaban J connectivity index is 2.21. The third-order valence-electron chi connectivity index (χ3n) is 1.33. The number of allylic oxidation sites excluding steroid dienone is 4. The molecule has 0 saturated heterocycles. The minimum atomic E-state index is 0.0309. The van der Waals surface area contributed by atoms with Crippen LogP contribution in [0.4, 0.5) is 0 Å². The van der Waals surface area contributed by atoms with Gasteiger partial charge in [0, 0.05) is 10.1 Å². The smallest absolute Gasteiger partial charge is 0.0800 e. The molecule has 2 rings (SSSR count). The van der Waals surface area contributed by atoms with Gasteiger partial charge in [0.2, 0.25) is 0 Å². The maximum Gasteiger partial charge on any atom is 0.0800 e. The number of hydrogen-bond donors (Lipinski definition) is 0. The van der Waals surface area contributed by atoms with E-state index in [-0.39, 0.29) is 5.41 Å². The molecule has 1 spiro atoms. The van der Waals surface area contributed by atoms with Gasteiger partial charge in [-0.2, -0.15) is 0 Å². The maximum absolute atomic E-state index is 5.56. The Bertz CT molecular complexity index is 166. The molecule has 0 fully saturated rings. The molecule has 2 aliphatic rings. The van der Waals surface area contributed by atoms with Gasteiger partial charge in [-0.3, -0.25) is 0 Å². The van der Waals surface area contributed by atoms with Crippen molar-refractivity contribution in [2.24, 2.45) is 5.41 Å². The standard InChI is InChI=1S/C5H2Cl2/c6-3-1-5(3)2-4(5)7/h1-2H. The second kappa shape index (κ2) is 0.785. The fourth-order valence-corrected chi connectivity index (χ4v) is 1.33. The molecule has 0 atom stereocenters. The van der Waals surface area contributed by atoms with E-state index >= 15 is 0 Å². The van der Waals surface area contributed by atoms with E-state index in [1.54, 1.807) is 0 Å². The number of halogens is 2. The van der Waals surface area contributed by atoms with Gasteiger partial charge in [0.05, 0.1) is 5.41 Å². The summed E-state index contributed by atoms with van der Waals surface area (Å²) in [5, 5.41) is 1.77. The maximum atomic E-state index is 5.56. The second-order valence-corrected chi connectivity index (χ2v) is 2.67. The van der Waals surface area contributed by atoms with Gasteiger partial charge >= 0.3 is 0 Å². The zero-order chi connectivity index (χ0) is 5.07. The summed E-state index contributed by atoms with van der Waals surface area (Å²) in [5.74, 6) is 0. The molecule has 0 bridgehead atoms. The van der Waals surface area contributed by atoms with E-state index in [1.165, 1.54) is 0 Å². The number of rotatable bonds is 0. The van der Waals surface area contributed by atoms with Crippen LogP contribution >= 0.6 is 23.2 Å². The SMILES string of the molecule is ClC1=CC12C=C2Cl. The molecule has 0 heterocycles. The molecule has 0 aromatic heterocycles. The monoisotopic (exact) mass is 132 g/mol. The molecular formula is C5H2Cl2. The summed E-state index contributed by atoms with van der Waals surface area (Å²) in [4.78, 5) is 0. The summed E-state index contributed by atoms with van der Waals surface area (Å²) in [6, 6.07) is 0. The summed E-state index contributed by atoms with van der Waals surface area (Å²) >= 11 is 11.1.